The van der Waals surface area contributed by atoms with Crippen molar-refractivity contribution in [2.45, 2.75) is 32.1 Å². The maximum absolute atomic E-state index is 12.2. The minimum absolute atomic E-state index is 0.0107. The molecule has 1 amide bonds. The van der Waals surface area contributed by atoms with E-state index in [2.05, 4.69) is 17.5 Å². The zero-order valence-electron chi connectivity index (χ0n) is 12.5. The molecule has 0 saturated heterocycles. The van der Waals surface area contributed by atoms with Crippen molar-refractivity contribution >= 4 is 11.6 Å². The number of nitrogens with one attached hydrogen (secondary N) is 1. The maximum Gasteiger partial charge on any atom is 0.264 e. The third-order valence-corrected chi connectivity index (χ3v) is 4.21. The van der Waals surface area contributed by atoms with Crippen molar-refractivity contribution in [3.63, 3.8) is 0 Å². The third kappa shape index (κ3) is 3.04. The highest BCUT2D eigenvalue weighted by molar-refractivity contribution is 5.79. The standard InChI is InChI=1S/C17H22N2O2/c1-19(14-8-2-3-9-14)16(20)12-21-15-10-4-6-13-7-5-11-18-17(13)15/h4,6,8,10,18H,2-3,5,7,9,11-12H2,1H3. The molecule has 0 saturated carbocycles. The number of ether oxygens (including phenoxy) is 1. The quantitative estimate of drug-likeness (QED) is 0.925. The first-order chi connectivity index (χ1) is 10.3. The van der Waals surface area contributed by atoms with Gasteiger partial charge in [-0.2, -0.15) is 0 Å². The molecule has 2 aliphatic rings. The average molecular weight is 286 g/mol. The molecule has 4 nitrogen and oxygen atoms in total. The Morgan fingerprint density at radius 3 is 3.05 bits per heavy atom. The topological polar surface area (TPSA) is 41.6 Å². The number of anilines is 1. The molecule has 0 bridgehead atoms. The molecule has 1 aromatic carbocycles. The molecule has 1 heterocycles. The third-order valence-electron chi connectivity index (χ3n) is 4.21. The first-order valence-corrected chi connectivity index (χ1v) is 7.70. The van der Waals surface area contributed by atoms with Crippen molar-refractivity contribution in [1.82, 2.24) is 4.90 Å². The van der Waals surface area contributed by atoms with Gasteiger partial charge in [0.15, 0.2) is 6.61 Å². The minimum Gasteiger partial charge on any atom is -0.482 e. The number of para-hydroxylation sites is 1. The largest absolute Gasteiger partial charge is 0.482 e. The summed E-state index contributed by atoms with van der Waals surface area (Å²) >= 11 is 0. The predicted octanol–water partition coefficient (Wildman–Crippen LogP) is 2.95. The lowest BCUT2D eigenvalue weighted by molar-refractivity contribution is -0.130. The van der Waals surface area contributed by atoms with Gasteiger partial charge in [0, 0.05) is 19.3 Å². The molecular formula is C17H22N2O2. The van der Waals surface area contributed by atoms with E-state index in [9.17, 15) is 4.79 Å². The highest BCUT2D eigenvalue weighted by Crippen LogP contribution is 2.32. The highest BCUT2D eigenvalue weighted by Gasteiger charge is 2.18. The van der Waals surface area contributed by atoms with Crippen LogP contribution in [0.1, 0.15) is 31.2 Å². The fourth-order valence-corrected chi connectivity index (χ4v) is 2.95. The fourth-order valence-electron chi connectivity index (χ4n) is 2.95. The first kappa shape index (κ1) is 14.0. The average Bonchev–Trinajstić information content (AvgIpc) is 3.06. The van der Waals surface area contributed by atoms with Gasteiger partial charge >= 0.3 is 0 Å². The molecule has 0 aromatic heterocycles. The van der Waals surface area contributed by atoms with Crippen molar-refractivity contribution in [1.29, 1.82) is 0 Å². The lowest BCUT2D eigenvalue weighted by Crippen LogP contribution is -2.30. The molecule has 0 spiro atoms. The van der Waals surface area contributed by atoms with Crippen LogP contribution in [0.3, 0.4) is 0 Å². The zero-order chi connectivity index (χ0) is 14.7. The molecule has 112 valence electrons. The van der Waals surface area contributed by atoms with E-state index >= 15 is 0 Å². The Kier molecular flexibility index (Phi) is 4.13. The molecule has 1 aliphatic heterocycles. The molecule has 1 aliphatic carbocycles. The fraction of sp³-hybridized carbons (Fsp3) is 0.471. The van der Waals surface area contributed by atoms with Crippen molar-refractivity contribution in [3.05, 3.63) is 35.5 Å². The van der Waals surface area contributed by atoms with Crippen LogP contribution in [0.2, 0.25) is 0 Å². The van der Waals surface area contributed by atoms with Crippen LogP contribution < -0.4 is 10.1 Å². The van der Waals surface area contributed by atoms with E-state index in [-0.39, 0.29) is 12.5 Å². The van der Waals surface area contributed by atoms with Crippen molar-refractivity contribution in [3.8, 4) is 5.75 Å². The Morgan fingerprint density at radius 2 is 2.24 bits per heavy atom. The Bertz CT molecular complexity index is 566. The summed E-state index contributed by atoms with van der Waals surface area (Å²) in [6, 6.07) is 6.04. The summed E-state index contributed by atoms with van der Waals surface area (Å²) in [4.78, 5) is 13.9. The lowest BCUT2D eigenvalue weighted by atomic mass is 10.0. The molecule has 0 radical (unpaired) electrons. The number of hydrogen-bond donors (Lipinski definition) is 1. The molecule has 3 rings (SSSR count). The van der Waals surface area contributed by atoms with E-state index in [1.807, 2.05) is 19.2 Å². The number of fused-ring (bicyclic) bond motifs is 1. The number of amides is 1. The van der Waals surface area contributed by atoms with Gasteiger partial charge in [0.2, 0.25) is 0 Å². The van der Waals surface area contributed by atoms with Crippen LogP contribution in [0.15, 0.2) is 30.0 Å². The van der Waals surface area contributed by atoms with Crippen LogP contribution in [0, 0.1) is 0 Å². The monoisotopic (exact) mass is 286 g/mol. The van der Waals surface area contributed by atoms with Gasteiger partial charge in [0.1, 0.15) is 5.75 Å². The van der Waals surface area contributed by atoms with Crippen LogP contribution in [0.4, 0.5) is 5.69 Å². The summed E-state index contributed by atoms with van der Waals surface area (Å²) in [7, 11) is 1.83. The Morgan fingerprint density at radius 1 is 1.33 bits per heavy atom. The van der Waals surface area contributed by atoms with Gasteiger partial charge in [-0.15, -0.1) is 0 Å². The summed E-state index contributed by atoms with van der Waals surface area (Å²) in [6.07, 6.45) is 7.56. The van der Waals surface area contributed by atoms with Gasteiger partial charge in [0.05, 0.1) is 5.69 Å². The Labute approximate surface area is 125 Å². The second-order valence-corrected chi connectivity index (χ2v) is 5.65. The SMILES string of the molecule is CN(C(=O)COc1cccc2c1NCCC2)C1=CCCC1. The van der Waals surface area contributed by atoms with Crippen LogP contribution in [-0.2, 0) is 11.2 Å². The summed E-state index contributed by atoms with van der Waals surface area (Å²) < 4.78 is 5.77. The molecule has 4 heteroatoms. The van der Waals surface area contributed by atoms with Crippen LogP contribution in [0.25, 0.3) is 0 Å². The molecule has 21 heavy (non-hydrogen) atoms. The van der Waals surface area contributed by atoms with E-state index in [1.54, 1.807) is 4.90 Å². The van der Waals surface area contributed by atoms with E-state index < -0.39 is 0 Å². The van der Waals surface area contributed by atoms with Gasteiger partial charge in [-0.25, -0.2) is 0 Å². The number of hydrogen-bond acceptors (Lipinski definition) is 3. The van der Waals surface area contributed by atoms with Gasteiger partial charge in [-0.05, 0) is 43.7 Å². The molecule has 1 aromatic rings. The summed E-state index contributed by atoms with van der Waals surface area (Å²) in [6.45, 7) is 1.06. The second-order valence-electron chi connectivity index (χ2n) is 5.65. The number of benzene rings is 1. The Hall–Kier alpha value is -1.97. The molecule has 0 unspecified atom stereocenters. The summed E-state index contributed by atoms with van der Waals surface area (Å²) in [5.41, 5.74) is 3.45. The number of rotatable bonds is 4. The second kappa shape index (κ2) is 6.20. The van der Waals surface area contributed by atoms with Crippen molar-refractivity contribution in [2.75, 3.05) is 25.5 Å². The van der Waals surface area contributed by atoms with E-state index in [0.29, 0.717) is 0 Å². The number of aryl methyl sites for hydroxylation is 1. The van der Waals surface area contributed by atoms with Gasteiger partial charge in [0.25, 0.3) is 5.91 Å². The zero-order valence-corrected chi connectivity index (χ0v) is 12.5. The number of nitrogens with zero attached hydrogens (tertiary/aromatic N) is 1. The smallest absolute Gasteiger partial charge is 0.264 e. The maximum atomic E-state index is 12.2. The van der Waals surface area contributed by atoms with Gasteiger partial charge in [-0.3, -0.25) is 4.79 Å². The number of allylic oxidation sites excluding steroid dienone is 2. The molecule has 1 N–H and O–H groups in total. The number of carbonyl (C=O) groups is 1. The molecular weight excluding hydrogens is 264 g/mol. The van der Waals surface area contributed by atoms with E-state index in [0.717, 1.165) is 55.8 Å². The highest BCUT2D eigenvalue weighted by atomic mass is 16.5. The van der Waals surface area contributed by atoms with Crippen molar-refractivity contribution < 1.29 is 9.53 Å². The van der Waals surface area contributed by atoms with Gasteiger partial charge < -0.3 is 15.0 Å². The van der Waals surface area contributed by atoms with Crippen molar-refractivity contribution in [2.24, 2.45) is 0 Å². The number of likely N-dealkylation sites (N-methyl/N-ethyl adjacent to an activating group) is 1. The minimum atomic E-state index is 0.0107. The molecule has 0 fully saturated rings. The van der Waals surface area contributed by atoms with Crippen LogP contribution in [-0.4, -0.2) is 31.0 Å². The summed E-state index contributed by atoms with van der Waals surface area (Å²) in [5, 5.41) is 3.38. The van der Waals surface area contributed by atoms with Crippen LogP contribution >= 0.6 is 0 Å². The van der Waals surface area contributed by atoms with Gasteiger partial charge in [-0.1, -0.05) is 18.2 Å². The van der Waals surface area contributed by atoms with Crippen LogP contribution in [0.5, 0.6) is 5.75 Å². The normalized spacial score (nSPS) is 16.7. The summed E-state index contributed by atoms with van der Waals surface area (Å²) in [5.74, 6) is 0.797. The van der Waals surface area contributed by atoms with E-state index in [1.165, 1.54) is 5.56 Å². The van der Waals surface area contributed by atoms with E-state index in [4.69, 9.17) is 4.74 Å². The molecule has 0 atom stereocenters. The Balaban J connectivity index is 1.63. The number of carbonyl (C=O) groups excluding carboxylic acids is 1. The lowest BCUT2D eigenvalue weighted by Gasteiger charge is -2.22. The predicted molar refractivity (Wildman–Crippen MR) is 83.5 cm³/mol. The first-order valence-electron chi connectivity index (χ1n) is 7.70.